The Morgan fingerprint density at radius 2 is 2.00 bits per heavy atom. The molecule has 0 unspecified atom stereocenters. The molecule has 0 bridgehead atoms. The van der Waals surface area contributed by atoms with E-state index in [1.807, 2.05) is 43.5 Å². The zero-order chi connectivity index (χ0) is 18.7. The van der Waals surface area contributed by atoms with E-state index in [1.54, 1.807) is 19.1 Å². The van der Waals surface area contributed by atoms with Gasteiger partial charge in [-0.05, 0) is 47.0 Å². The molecule has 0 spiro atoms. The van der Waals surface area contributed by atoms with Gasteiger partial charge < -0.3 is 19.3 Å². The highest BCUT2D eigenvalue weighted by Gasteiger charge is 2.18. The summed E-state index contributed by atoms with van der Waals surface area (Å²) in [7, 11) is 3.96. The normalized spacial score (nSPS) is 11.5. The lowest BCUT2D eigenvalue weighted by Gasteiger charge is -2.21. The van der Waals surface area contributed by atoms with Gasteiger partial charge in [-0.2, -0.15) is 0 Å². The fraction of sp³-hybridized carbons (Fsp3) is 0.474. The molecule has 2 rings (SSSR count). The standard InChI is InChI=1S/C19H26N2O4/c1-12(2)21-13(3)16(11-18(22)23)19(24)15-7-6-14(10-17(15)21)25-9-8-20(4)5/h6-7,10,12H,8-9,11H2,1-5H3,(H,22,23). The number of pyridine rings is 1. The second kappa shape index (κ2) is 7.70. The molecule has 136 valence electrons. The van der Waals surface area contributed by atoms with E-state index < -0.39 is 5.97 Å². The molecule has 1 N–H and O–H groups in total. The average molecular weight is 346 g/mol. The first-order valence-electron chi connectivity index (χ1n) is 8.39. The number of hydrogen-bond acceptors (Lipinski definition) is 4. The molecule has 0 saturated heterocycles. The number of fused-ring (bicyclic) bond motifs is 1. The maximum absolute atomic E-state index is 12.8. The van der Waals surface area contributed by atoms with Gasteiger partial charge in [0, 0.05) is 35.3 Å². The summed E-state index contributed by atoms with van der Waals surface area (Å²) in [5, 5.41) is 9.65. The molecule has 0 fully saturated rings. The van der Waals surface area contributed by atoms with Crippen LogP contribution in [-0.2, 0) is 11.2 Å². The number of aromatic nitrogens is 1. The van der Waals surface area contributed by atoms with Crippen molar-refractivity contribution in [2.24, 2.45) is 0 Å². The van der Waals surface area contributed by atoms with Crippen LogP contribution in [0.5, 0.6) is 5.75 Å². The highest BCUT2D eigenvalue weighted by molar-refractivity contribution is 5.83. The van der Waals surface area contributed by atoms with Gasteiger partial charge in [-0.25, -0.2) is 0 Å². The number of likely N-dealkylation sites (N-methyl/N-ethyl adjacent to an activating group) is 1. The lowest BCUT2D eigenvalue weighted by Crippen LogP contribution is -2.22. The number of carbonyl (C=O) groups is 1. The Morgan fingerprint density at radius 1 is 1.32 bits per heavy atom. The number of nitrogens with zero attached hydrogens (tertiary/aromatic N) is 2. The summed E-state index contributed by atoms with van der Waals surface area (Å²) in [6.45, 7) is 7.19. The molecule has 0 saturated carbocycles. The van der Waals surface area contributed by atoms with Crippen molar-refractivity contribution in [1.82, 2.24) is 9.47 Å². The zero-order valence-electron chi connectivity index (χ0n) is 15.5. The number of carboxylic acid groups (broad SMARTS) is 1. The lowest BCUT2D eigenvalue weighted by atomic mass is 10.0. The minimum Gasteiger partial charge on any atom is -0.492 e. The van der Waals surface area contributed by atoms with E-state index in [4.69, 9.17) is 9.84 Å². The fourth-order valence-electron chi connectivity index (χ4n) is 3.02. The molecule has 2 aromatic rings. The maximum Gasteiger partial charge on any atom is 0.308 e. The quantitative estimate of drug-likeness (QED) is 0.834. The van der Waals surface area contributed by atoms with Gasteiger partial charge in [-0.3, -0.25) is 9.59 Å². The van der Waals surface area contributed by atoms with Crippen molar-refractivity contribution in [3.63, 3.8) is 0 Å². The van der Waals surface area contributed by atoms with E-state index in [2.05, 4.69) is 0 Å². The van der Waals surface area contributed by atoms with Crippen LogP contribution in [0.15, 0.2) is 23.0 Å². The highest BCUT2D eigenvalue weighted by atomic mass is 16.5. The summed E-state index contributed by atoms with van der Waals surface area (Å²) in [5.74, 6) is -0.299. The zero-order valence-corrected chi connectivity index (χ0v) is 15.5. The molecule has 6 nitrogen and oxygen atoms in total. The molecule has 6 heteroatoms. The summed E-state index contributed by atoms with van der Waals surface area (Å²) in [6.07, 6.45) is -0.269. The van der Waals surface area contributed by atoms with Gasteiger partial charge >= 0.3 is 5.97 Å². The average Bonchev–Trinajstić information content (AvgIpc) is 2.50. The van der Waals surface area contributed by atoms with Crippen LogP contribution in [0.25, 0.3) is 10.9 Å². The molecule has 1 heterocycles. The van der Waals surface area contributed by atoms with Gasteiger partial charge in [0.25, 0.3) is 0 Å². The highest BCUT2D eigenvalue weighted by Crippen LogP contribution is 2.25. The molecule has 0 radical (unpaired) electrons. The Labute approximate surface area is 147 Å². The number of aliphatic carboxylic acids is 1. The SMILES string of the molecule is Cc1c(CC(=O)O)c(=O)c2ccc(OCCN(C)C)cc2n1C(C)C. The number of carboxylic acids is 1. The Balaban J connectivity index is 2.59. The molecule has 0 aliphatic carbocycles. The molecule has 0 atom stereocenters. The van der Waals surface area contributed by atoms with Crippen molar-refractivity contribution >= 4 is 16.9 Å². The smallest absolute Gasteiger partial charge is 0.308 e. The van der Waals surface area contributed by atoms with E-state index in [1.165, 1.54) is 0 Å². The van der Waals surface area contributed by atoms with Crippen LogP contribution in [0.4, 0.5) is 0 Å². The molecule has 25 heavy (non-hydrogen) atoms. The third-order valence-corrected chi connectivity index (χ3v) is 4.20. The van der Waals surface area contributed by atoms with Crippen molar-refractivity contribution in [1.29, 1.82) is 0 Å². The van der Waals surface area contributed by atoms with Gasteiger partial charge in [0.1, 0.15) is 12.4 Å². The van der Waals surface area contributed by atoms with Crippen molar-refractivity contribution in [2.75, 3.05) is 27.2 Å². The van der Waals surface area contributed by atoms with E-state index in [9.17, 15) is 9.59 Å². The van der Waals surface area contributed by atoms with Gasteiger partial charge in [0.2, 0.25) is 0 Å². The van der Waals surface area contributed by atoms with Crippen molar-refractivity contribution in [3.05, 3.63) is 39.7 Å². The Kier molecular flexibility index (Phi) is 5.85. The van der Waals surface area contributed by atoms with Crippen LogP contribution in [0.3, 0.4) is 0 Å². The number of hydrogen-bond donors (Lipinski definition) is 1. The van der Waals surface area contributed by atoms with Crippen LogP contribution in [0, 0.1) is 6.92 Å². The van der Waals surface area contributed by atoms with E-state index in [0.29, 0.717) is 29.0 Å². The van der Waals surface area contributed by atoms with Crippen LogP contribution in [-0.4, -0.2) is 47.8 Å². The summed E-state index contributed by atoms with van der Waals surface area (Å²) in [6, 6.07) is 5.45. The van der Waals surface area contributed by atoms with Crippen LogP contribution >= 0.6 is 0 Å². The van der Waals surface area contributed by atoms with E-state index in [-0.39, 0.29) is 17.9 Å². The molecule has 1 aromatic heterocycles. The molecule has 0 amide bonds. The third kappa shape index (κ3) is 4.20. The summed E-state index contributed by atoms with van der Waals surface area (Å²) in [4.78, 5) is 25.9. The first-order chi connectivity index (χ1) is 11.7. The molecule has 0 aliphatic rings. The third-order valence-electron chi connectivity index (χ3n) is 4.20. The minimum absolute atomic E-state index is 0.0904. The van der Waals surface area contributed by atoms with Gasteiger partial charge in [-0.1, -0.05) is 0 Å². The van der Waals surface area contributed by atoms with Crippen LogP contribution in [0.2, 0.25) is 0 Å². The Hall–Kier alpha value is -2.34. The molecule has 1 aromatic carbocycles. The monoisotopic (exact) mass is 346 g/mol. The second-order valence-electron chi connectivity index (χ2n) is 6.76. The summed E-state index contributed by atoms with van der Waals surface area (Å²) < 4.78 is 7.79. The summed E-state index contributed by atoms with van der Waals surface area (Å²) in [5.41, 5.74) is 1.59. The maximum atomic E-state index is 12.8. The minimum atomic E-state index is -1.00. The van der Waals surface area contributed by atoms with Crippen LogP contribution < -0.4 is 10.2 Å². The largest absolute Gasteiger partial charge is 0.492 e. The second-order valence-corrected chi connectivity index (χ2v) is 6.76. The van der Waals surface area contributed by atoms with E-state index in [0.717, 1.165) is 12.1 Å². The Morgan fingerprint density at radius 3 is 2.56 bits per heavy atom. The van der Waals surface area contributed by atoms with Crippen molar-refractivity contribution in [2.45, 2.75) is 33.2 Å². The molecular formula is C19H26N2O4. The first-order valence-corrected chi connectivity index (χ1v) is 8.39. The van der Waals surface area contributed by atoms with Crippen LogP contribution in [0.1, 0.15) is 31.1 Å². The number of rotatable bonds is 7. The predicted molar refractivity (Wildman–Crippen MR) is 98.7 cm³/mol. The topological polar surface area (TPSA) is 71.8 Å². The van der Waals surface area contributed by atoms with Gasteiger partial charge in [0.05, 0.1) is 11.9 Å². The fourth-order valence-corrected chi connectivity index (χ4v) is 3.02. The first kappa shape index (κ1) is 19.0. The van der Waals surface area contributed by atoms with Crippen molar-refractivity contribution in [3.8, 4) is 5.75 Å². The van der Waals surface area contributed by atoms with Crippen molar-refractivity contribution < 1.29 is 14.6 Å². The van der Waals surface area contributed by atoms with E-state index >= 15 is 0 Å². The Bertz CT molecular complexity index is 837. The van der Waals surface area contributed by atoms with Gasteiger partial charge in [-0.15, -0.1) is 0 Å². The number of benzene rings is 1. The predicted octanol–water partition coefficient (Wildman–Crippen LogP) is 2.46. The molecular weight excluding hydrogens is 320 g/mol. The lowest BCUT2D eigenvalue weighted by molar-refractivity contribution is -0.136. The molecule has 0 aliphatic heterocycles. The van der Waals surface area contributed by atoms with Gasteiger partial charge in [0.15, 0.2) is 5.43 Å². The summed E-state index contributed by atoms with van der Waals surface area (Å²) >= 11 is 0. The number of ether oxygens (including phenoxy) is 1.